The van der Waals surface area contributed by atoms with Gasteiger partial charge in [-0.1, -0.05) is 28.1 Å². The molecule has 2 aromatic rings. The molecule has 0 bridgehead atoms. The van der Waals surface area contributed by atoms with Crippen molar-refractivity contribution in [3.05, 3.63) is 58.1 Å². The SMILES string of the molecule is Cc1ccc(C)c(NC(=O)[C@H](C)Oc2ccc(Br)cc2)c1. The predicted octanol–water partition coefficient (Wildman–Crippen LogP) is 4.47. The van der Waals surface area contributed by atoms with E-state index in [-0.39, 0.29) is 5.91 Å². The Morgan fingerprint density at radius 1 is 1.14 bits per heavy atom. The standard InChI is InChI=1S/C17H18BrNO2/c1-11-4-5-12(2)16(10-11)19-17(20)13(3)21-15-8-6-14(18)7-9-15/h4-10,13H,1-3H3,(H,19,20)/t13-/m0/s1. The van der Waals surface area contributed by atoms with Crippen LogP contribution in [0.4, 0.5) is 5.69 Å². The summed E-state index contributed by atoms with van der Waals surface area (Å²) in [6, 6.07) is 13.4. The van der Waals surface area contributed by atoms with E-state index < -0.39 is 6.10 Å². The Morgan fingerprint density at radius 3 is 2.48 bits per heavy atom. The Kier molecular flexibility index (Phi) is 5.02. The zero-order valence-electron chi connectivity index (χ0n) is 12.3. The lowest BCUT2D eigenvalue weighted by atomic mass is 10.1. The van der Waals surface area contributed by atoms with Crippen LogP contribution in [-0.4, -0.2) is 12.0 Å². The average molecular weight is 348 g/mol. The van der Waals surface area contributed by atoms with Crippen molar-refractivity contribution in [2.45, 2.75) is 26.9 Å². The van der Waals surface area contributed by atoms with Crippen LogP contribution in [0.5, 0.6) is 5.75 Å². The van der Waals surface area contributed by atoms with Gasteiger partial charge in [0.15, 0.2) is 6.10 Å². The zero-order valence-corrected chi connectivity index (χ0v) is 13.9. The maximum atomic E-state index is 12.2. The van der Waals surface area contributed by atoms with Gasteiger partial charge in [-0.15, -0.1) is 0 Å². The molecule has 0 heterocycles. The largest absolute Gasteiger partial charge is 0.481 e. The van der Waals surface area contributed by atoms with Gasteiger partial charge in [0, 0.05) is 10.2 Å². The Bertz CT molecular complexity index is 638. The Balaban J connectivity index is 2.02. The molecule has 2 aromatic carbocycles. The highest BCUT2D eigenvalue weighted by Gasteiger charge is 2.15. The first-order valence-electron chi connectivity index (χ1n) is 6.76. The third-order valence-corrected chi connectivity index (χ3v) is 3.68. The quantitative estimate of drug-likeness (QED) is 0.885. The van der Waals surface area contributed by atoms with E-state index >= 15 is 0 Å². The minimum absolute atomic E-state index is 0.161. The van der Waals surface area contributed by atoms with Crippen LogP contribution in [0.3, 0.4) is 0 Å². The molecular formula is C17H18BrNO2. The number of carbonyl (C=O) groups is 1. The fraction of sp³-hybridized carbons (Fsp3) is 0.235. The monoisotopic (exact) mass is 347 g/mol. The molecule has 4 heteroatoms. The summed E-state index contributed by atoms with van der Waals surface area (Å²) in [5.41, 5.74) is 2.97. The molecule has 0 aromatic heterocycles. The molecule has 0 saturated heterocycles. The lowest BCUT2D eigenvalue weighted by Gasteiger charge is -2.16. The van der Waals surface area contributed by atoms with Crippen LogP contribution in [0.15, 0.2) is 46.9 Å². The minimum atomic E-state index is -0.564. The molecule has 0 aliphatic rings. The van der Waals surface area contributed by atoms with Gasteiger partial charge in [-0.05, 0) is 62.2 Å². The van der Waals surface area contributed by atoms with E-state index in [0.717, 1.165) is 21.3 Å². The molecule has 0 aliphatic heterocycles. The summed E-state index contributed by atoms with van der Waals surface area (Å²) in [5, 5.41) is 2.91. The van der Waals surface area contributed by atoms with Crippen molar-refractivity contribution in [3.63, 3.8) is 0 Å². The first-order chi connectivity index (χ1) is 9.95. The summed E-state index contributed by atoms with van der Waals surface area (Å²) in [4.78, 5) is 12.2. The van der Waals surface area contributed by atoms with E-state index in [1.165, 1.54) is 0 Å². The van der Waals surface area contributed by atoms with Crippen LogP contribution in [-0.2, 0) is 4.79 Å². The lowest BCUT2D eigenvalue weighted by Crippen LogP contribution is -2.30. The third kappa shape index (κ3) is 4.33. The molecule has 2 rings (SSSR count). The molecule has 0 radical (unpaired) electrons. The van der Waals surface area contributed by atoms with Gasteiger partial charge in [-0.25, -0.2) is 0 Å². The van der Waals surface area contributed by atoms with Crippen LogP contribution in [0, 0.1) is 13.8 Å². The van der Waals surface area contributed by atoms with E-state index in [1.54, 1.807) is 6.92 Å². The molecule has 1 amide bonds. The first-order valence-corrected chi connectivity index (χ1v) is 7.55. The molecule has 3 nitrogen and oxygen atoms in total. The van der Waals surface area contributed by atoms with Crippen molar-refractivity contribution in [1.29, 1.82) is 0 Å². The van der Waals surface area contributed by atoms with Crippen LogP contribution >= 0.6 is 15.9 Å². The molecule has 0 fully saturated rings. The second-order valence-corrected chi connectivity index (χ2v) is 5.94. The van der Waals surface area contributed by atoms with Gasteiger partial charge < -0.3 is 10.1 Å². The van der Waals surface area contributed by atoms with E-state index in [9.17, 15) is 4.79 Å². The number of ether oxygens (including phenoxy) is 1. The highest BCUT2D eigenvalue weighted by atomic mass is 79.9. The number of hydrogen-bond acceptors (Lipinski definition) is 2. The predicted molar refractivity (Wildman–Crippen MR) is 88.8 cm³/mol. The number of nitrogens with one attached hydrogen (secondary N) is 1. The Hall–Kier alpha value is -1.81. The fourth-order valence-corrected chi connectivity index (χ4v) is 2.14. The summed E-state index contributed by atoms with van der Waals surface area (Å²) < 4.78 is 6.61. The number of anilines is 1. The van der Waals surface area contributed by atoms with Gasteiger partial charge in [0.2, 0.25) is 0 Å². The van der Waals surface area contributed by atoms with Gasteiger partial charge in [0.25, 0.3) is 5.91 Å². The Morgan fingerprint density at radius 2 is 1.81 bits per heavy atom. The van der Waals surface area contributed by atoms with Crippen molar-refractivity contribution in [3.8, 4) is 5.75 Å². The van der Waals surface area contributed by atoms with Gasteiger partial charge in [0.05, 0.1) is 0 Å². The van der Waals surface area contributed by atoms with Crippen molar-refractivity contribution >= 4 is 27.5 Å². The van der Waals surface area contributed by atoms with Gasteiger partial charge in [-0.3, -0.25) is 4.79 Å². The molecule has 110 valence electrons. The van der Waals surface area contributed by atoms with E-state index in [2.05, 4.69) is 21.2 Å². The van der Waals surface area contributed by atoms with Crippen LogP contribution < -0.4 is 10.1 Å². The lowest BCUT2D eigenvalue weighted by molar-refractivity contribution is -0.122. The van der Waals surface area contributed by atoms with E-state index in [0.29, 0.717) is 5.75 Å². The minimum Gasteiger partial charge on any atom is -0.481 e. The molecule has 0 spiro atoms. The van der Waals surface area contributed by atoms with Crippen LogP contribution in [0.25, 0.3) is 0 Å². The molecule has 21 heavy (non-hydrogen) atoms. The van der Waals surface area contributed by atoms with Crippen LogP contribution in [0.1, 0.15) is 18.1 Å². The van der Waals surface area contributed by atoms with Gasteiger partial charge in [-0.2, -0.15) is 0 Å². The van der Waals surface area contributed by atoms with Crippen molar-refractivity contribution < 1.29 is 9.53 Å². The third-order valence-electron chi connectivity index (χ3n) is 3.15. The number of carbonyl (C=O) groups excluding carboxylic acids is 1. The summed E-state index contributed by atoms with van der Waals surface area (Å²) in [6.07, 6.45) is -0.564. The molecule has 0 saturated carbocycles. The number of aryl methyl sites for hydroxylation is 2. The van der Waals surface area contributed by atoms with Crippen molar-refractivity contribution in [2.75, 3.05) is 5.32 Å². The van der Waals surface area contributed by atoms with Gasteiger partial charge in [0.1, 0.15) is 5.75 Å². The van der Waals surface area contributed by atoms with Crippen LogP contribution in [0.2, 0.25) is 0 Å². The van der Waals surface area contributed by atoms with Crippen molar-refractivity contribution in [2.24, 2.45) is 0 Å². The second-order valence-electron chi connectivity index (χ2n) is 5.02. The molecular weight excluding hydrogens is 330 g/mol. The first kappa shape index (κ1) is 15.6. The topological polar surface area (TPSA) is 38.3 Å². The molecule has 1 N–H and O–H groups in total. The second kappa shape index (κ2) is 6.76. The van der Waals surface area contributed by atoms with E-state index in [1.807, 2.05) is 56.3 Å². The maximum absolute atomic E-state index is 12.2. The smallest absolute Gasteiger partial charge is 0.265 e. The molecule has 0 unspecified atom stereocenters. The summed E-state index contributed by atoms with van der Waals surface area (Å²) in [5.74, 6) is 0.508. The zero-order chi connectivity index (χ0) is 15.4. The summed E-state index contributed by atoms with van der Waals surface area (Å²) in [6.45, 7) is 5.70. The number of hydrogen-bond donors (Lipinski definition) is 1. The Labute approximate surface area is 133 Å². The number of halogens is 1. The highest BCUT2D eigenvalue weighted by molar-refractivity contribution is 9.10. The summed E-state index contributed by atoms with van der Waals surface area (Å²) in [7, 11) is 0. The summed E-state index contributed by atoms with van der Waals surface area (Å²) >= 11 is 3.36. The fourth-order valence-electron chi connectivity index (χ4n) is 1.88. The highest BCUT2D eigenvalue weighted by Crippen LogP contribution is 2.19. The molecule has 0 aliphatic carbocycles. The maximum Gasteiger partial charge on any atom is 0.265 e. The number of amides is 1. The number of rotatable bonds is 4. The van der Waals surface area contributed by atoms with Gasteiger partial charge >= 0.3 is 0 Å². The normalized spacial score (nSPS) is 11.8. The average Bonchev–Trinajstić information content (AvgIpc) is 2.45. The number of benzene rings is 2. The van der Waals surface area contributed by atoms with Crippen molar-refractivity contribution in [1.82, 2.24) is 0 Å². The van der Waals surface area contributed by atoms with E-state index in [4.69, 9.17) is 4.74 Å². The molecule has 1 atom stereocenters.